The number of aromatic nitrogens is 2. The molecule has 0 aliphatic rings. The minimum Gasteiger partial charge on any atom is -0.364 e. The highest BCUT2D eigenvalue weighted by Crippen LogP contribution is 2.23. The van der Waals surface area contributed by atoms with Gasteiger partial charge in [-0.3, -0.25) is 4.79 Å². The summed E-state index contributed by atoms with van der Waals surface area (Å²) in [5, 5.41) is 0. The summed E-state index contributed by atoms with van der Waals surface area (Å²) in [5.41, 5.74) is 6.05. The van der Waals surface area contributed by atoms with Crippen LogP contribution in [0.4, 0.5) is 10.3 Å². The third-order valence-corrected chi connectivity index (χ3v) is 3.16. The van der Waals surface area contributed by atoms with Crippen molar-refractivity contribution in [2.45, 2.75) is 13.8 Å². The van der Waals surface area contributed by atoms with E-state index in [-0.39, 0.29) is 5.69 Å². The van der Waals surface area contributed by atoms with Crippen LogP contribution in [0.25, 0.3) is 11.3 Å². The molecule has 1 heterocycles. The van der Waals surface area contributed by atoms with Crippen LogP contribution in [0.2, 0.25) is 0 Å². The van der Waals surface area contributed by atoms with Gasteiger partial charge in [0.2, 0.25) is 5.95 Å². The van der Waals surface area contributed by atoms with Crippen molar-refractivity contribution in [3.05, 3.63) is 41.8 Å². The van der Waals surface area contributed by atoms with Crippen molar-refractivity contribution in [3.8, 4) is 11.3 Å². The van der Waals surface area contributed by atoms with Crippen LogP contribution in [0.5, 0.6) is 0 Å². The number of hydrogen-bond acceptors (Lipinski definition) is 4. The van der Waals surface area contributed by atoms with Crippen molar-refractivity contribution in [1.82, 2.24) is 9.97 Å². The first-order valence-electron chi connectivity index (χ1n) is 6.75. The number of halogens is 1. The highest BCUT2D eigenvalue weighted by atomic mass is 19.1. The topological polar surface area (TPSA) is 72.1 Å². The molecule has 0 unspecified atom stereocenters. The summed E-state index contributed by atoms with van der Waals surface area (Å²) >= 11 is 0. The van der Waals surface area contributed by atoms with E-state index in [0.29, 0.717) is 30.3 Å². The molecular formula is C15H17FN4O. The van der Waals surface area contributed by atoms with Crippen LogP contribution >= 0.6 is 0 Å². The maximum atomic E-state index is 13.9. The molecule has 1 aromatic heterocycles. The van der Waals surface area contributed by atoms with Crippen molar-refractivity contribution in [1.29, 1.82) is 0 Å². The van der Waals surface area contributed by atoms with Gasteiger partial charge in [0.15, 0.2) is 0 Å². The maximum Gasteiger partial charge on any atom is 0.267 e. The van der Waals surface area contributed by atoms with Crippen LogP contribution in [-0.4, -0.2) is 29.0 Å². The molecule has 2 rings (SSSR count). The van der Waals surface area contributed by atoms with E-state index in [1.54, 1.807) is 18.2 Å². The number of benzene rings is 1. The van der Waals surface area contributed by atoms with Gasteiger partial charge in [-0.2, -0.15) is 0 Å². The molecule has 21 heavy (non-hydrogen) atoms. The second-order valence-electron chi connectivity index (χ2n) is 4.45. The molecule has 0 fully saturated rings. The van der Waals surface area contributed by atoms with E-state index in [2.05, 4.69) is 9.97 Å². The first kappa shape index (κ1) is 14.9. The fourth-order valence-corrected chi connectivity index (χ4v) is 2.02. The zero-order chi connectivity index (χ0) is 15.4. The summed E-state index contributed by atoms with van der Waals surface area (Å²) in [6, 6.07) is 7.67. The number of primary amides is 1. The van der Waals surface area contributed by atoms with Crippen LogP contribution in [0.15, 0.2) is 30.3 Å². The number of anilines is 1. The first-order chi connectivity index (χ1) is 10.1. The van der Waals surface area contributed by atoms with Gasteiger partial charge in [-0.05, 0) is 32.0 Å². The summed E-state index contributed by atoms with van der Waals surface area (Å²) in [4.78, 5) is 21.8. The molecule has 0 aliphatic carbocycles. The largest absolute Gasteiger partial charge is 0.364 e. The Morgan fingerprint density at radius 2 is 1.90 bits per heavy atom. The minimum absolute atomic E-state index is 0.0742. The maximum absolute atomic E-state index is 13.9. The van der Waals surface area contributed by atoms with E-state index in [0.717, 1.165) is 0 Å². The smallest absolute Gasteiger partial charge is 0.267 e. The second kappa shape index (κ2) is 6.30. The first-order valence-corrected chi connectivity index (χ1v) is 6.75. The second-order valence-corrected chi connectivity index (χ2v) is 4.45. The Bertz CT molecular complexity index is 656. The molecule has 0 aliphatic heterocycles. The molecule has 0 atom stereocenters. The Hall–Kier alpha value is -2.50. The SMILES string of the molecule is CCN(CC)c1nc(C(N)=O)cc(-c2ccccc2F)n1. The Morgan fingerprint density at radius 3 is 2.48 bits per heavy atom. The predicted octanol–water partition coefficient (Wildman–Crippen LogP) is 2.23. The van der Waals surface area contributed by atoms with E-state index in [1.165, 1.54) is 12.1 Å². The van der Waals surface area contributed by atoms with E-state index in [4.69, 9.17) is 5.73 Å². The monoisotopic (exact) mass is 288 g/mol. The lowest BCUT2D eigenvalue weighted by Crippen LogP contribution is -2.26. The number of carbonyl (C=O) groups excluding carboxylic acids is 1. The Kier molecular flexibility index (Phi) is 4.47. The fraction of sp³-hybridized carbons (Fsp3) is 0.267. The van der Waals surface area contributed by atoms with Crippen molar-refractivity contribution in [2.75, 3.05) is 18.0 Å². The Morgan fingerprint density at radius 1 is 1.24 bits per heavy atom. The molecule has 1 aromatic carbocycles. The third-order valence-electron chi connectivity index (χ3n) is 3.16. The predicted molar refractivity (Wildman–Crippen MR) is 79.5 cm³/mol. The molecular weight excluding hydrogens is 271 g/mol. The van der Waals surface area contributed by atoms with E-state index in [1.807, 2.05) is 18.7 Å². The van der Waals surface area contributed by atoms with E-state index in [9.17, 15) is 9.18 Å². The number of amides is 1. The van der Waals surface area contributed by atoms with Gasteiger partial charge < -0.3 is 10.6 Å². The summed E-state index contributed by atoms with van der Waals surface area (Å²) in [6.45, 7) is 5.25. The highest BCUT2D eigenvalue weighted by molar-refractivity contribution is 5.92. The van der Waals surface area contributed by atoms with Crippen LogP contribution < -0.4 is 10.6 Å². The van der Waals surface area contributed by atoms with Gasteiger partial charge in [0.1, 0.15) is 11.5 Å². The zero-order valence-electron chi connectivity index (χ0n) is 12.0. The molecule has 5 nitrogen and oxygen atoms in total. The average Bonchev–Trinajstić information content (AvgIpc) is 2.48. The molecule has 2 aromatic rings. The van der Waals surface area contributed by atoms with Gasteiger partial charge in [0.05, 0.1) is 5.69 Å². The molecule has 0 spiro atoms. The third kappa shape index (κ3) is 3.16. The molecule has 2 N–H and O–H groups in total. The van der Waals surface area contributed by atoms with Crippen molar-refractivity contribution in [2.24, 2.45) is 5.73 Å². The van der Waals surface area contributed by atoms with Gasteiger partial charge in [-0.15, -0.1) is 0 Å². The zero-order valence-corrected chi connectivity index (χ0v) is 12.0. The molecule has 110 valence electrons. The number of hydrogen-bond donors (Lipinski definition) is 1. The van der Waals surface area contributed by atoms with Crippen LogP contribution in [0, 0.1) is 5.82 Å². The standard InChI is InChI=1S/C15H17FN4O/c1-3-20(4-2)15-18-12(9-13(19-15)14(17)21)10-7-5-6-8-11(10)16/h5-9H,3-4H2,1-2H3,(H2,17,21). The summed E-state index contributed by atoms with van der Waals surface area (Å²) < 4.78 is 13.9. The molecule has 0 radical (unpaired) electrons. The molecule has 0 saturated heterocycles. The quantitative estimate of drug-likeness (QED) is 0.915. The lowest BCUT2D eigenvalue weighted by atomic mass is 10.1. The number of nitrogens with zero attached hydrogens (tertiary/aromatic N) is 3. The van der Waals surface area contributed by atoms with Crippen LogP contribution in [-0.2, 0) is 0 Å². The lowest BCUT2D eigenvalue weighted by molar-refractivity contribution is 0.0995. The lowest BCUT2D eigenvalue weighted by Gasteiger charge is -2.19. The van der Waals surface area contributed by atoms with Crippen molar-refractivity contribution in [3.63, 3.8) is 0 Å². The number of carbonyl (C=O) groups is 1. The average molecular weight is 288 g/mol. The van der Waals surface area contributed by atoms with Gasteiger partial charge in [0.25, 0.3) is 5.91 Å². The van der Waals surface area contributed by atoms with E-state index < -0.39 is 11.7 Å². The van der Waals surface area contributed by atoms with Gasteiger partial charge in [-0.25, -0.2) is 14.4 Å². The van der Waals surface area contributed by atoms with Crippen LogP contribution in [0.3, 0.4) is 0 Å². The molecule has 0 bridgehead atoms. The summed E-state index contributed by atoms with van der Waals surface area (Å²) in [6.07, 6.45) is 0. The van der Waals surface area contributed by atoms with Gasteiger partial charge in [0, 0.05) is 18.7 Å². The number of rotatable bonds is 5. The Labute approximate surface area is 122 Å². The summed E-state index contributed by atoms with van der Waals surface area (Å²) in [7, 11) is 0. The van der Waals surface area contributed by atoms with Gasteiger partial charge >= 0.3 is 0 Å². The van der Waals surface area contributed by atoms with E-state index >= 15 is 0 Å². The minimum atomic E-state index is -0.664. The Balaban J connectivity index is 2.61. The summed E-state index contributed by atoms with van der Waals surface area (Å²) in [5.74, 6) is -0.699. The normalized spacial score (nSPS) is 10.4. The fourth-order valence-electron chi connectivity index (χ4n) is 2.02. The van der Waals surface area contributed by atoms with Crippen LogP contribution in [0.1, 0.15) is 24.3 Å². The van der Waals surface area contributed by atoms with Gasteiger partial charge in [-0.1, -0.05) is 12.1 Å². The number of nitrogens with two attached hydrogens (primary N) is 1. The highest BCUT2D eigenvalue weighted by Gasteiger charge is 2.15. The van der Waals surface area contributed by atoms with Crippen molar-refractivity contribution >= 4 is 11.9 Å². The molecule has 0 saturated carbocycles. The molecule has 6 heteroatoms. The van der Waals surface area contributed by atoms with Crippen molar-refractivity contribution < 1.29 is 9.18 Å². The molecule has 1 amide bonds.